The van der Waals surface area contributed by atoms with Crippen LogP contribution in [-0.4, -0.2) is 23.4 Å². The highest BCUT2D eigenvalue weighted by atomic mass is 79.9. The van der Waals surface area contributed by atoms with Gasteiger partial charge in [0.25, 0.3) is 5.91 Å². The Balaban J connectivity index is 3.10. The molecule has 0 aromatic heterocycles. The fraction of sp³-hybridized carbons (Fsp3) is 0.333. The van der Waals surface area contributed by atoms with Crippen molar-refractivity contribution in [2.24, 2.45) is 0 Å². The molecule has 1 rings (SSSR count). The summed E-state index contributed by atoms with van der Waals surface area (Å²) in [5.74, 6) is -0.229. The molecule has 0 atom stereocenters. The number of rotatable bonds is 3. The van der Waals surface area contributed by atoms with Crippen LogP contribution >= 0.6 is 27.5 Å². The zero-order chi connectivity index (χ0) is 13.0. The average molecular weight is 316 g/mol. The normalized spacial score (nSPS) is 10.1. The van der Waals surface area contributed by atoms with Gasteiger partial charge in [-0.05, 0) is 32.0 Å². The lowest BCUT2D eigenvalue weighted by atomic mass is 10.1. The summed E-state index contributed by atoms with van der Waals surface area (Å²) in [7, 11) is 0. The van der Waals surface area contributed by atoms with Crippen LogP contribution in [0.25, 0.3) is 0 Å². The number of hydrogen-bond donors (Lipinski definition) is 0. The summed E-state index contributed by atoms with van der Waals surface area (Å²) in [5.41, 5.74) is 0.407. The lowest BCUT2D eigenvalue weighted by Gasteiger charge is -2.24. The summed E-state index contributed by atoms with van der Waals surface area (Å²) >= 11 is 9.28. The highest BCUT2D eigenvalue weighted by Gasteiger charge is 2.20. The molecule has 90 valence electrons. The Bertz CT molecular complexity index is 468. The fourth-order valence-electron chi connectivity index (χ4n) is 1.38. The number of hydrogen-bond acceptors (Lipinski definition) is 2. The summed E-state index contributed by atoms with van der Waals surface area (Å²) in [6, 6.07) is 7.03. The Labute approximate surface area is 114 Å². The molecular formula is C12H12BrClN2O. The molecule has 0 aliphatic rings. The highest BCUT2D eigenvalue weighted by molar-refractivity contribution is 9.10. The van der Waals surface area contributed by atoms with Gasteiger partial charge in [0.2, 0.25) is 0 Å². The molecule has 0 unspecified atom stereocenters. The molecule has 0 bridgehead atoms. The van der Waals surface area contributed by atoms with Crippen LogP contribution in [0.15, 0.2) is 22.7 Å². The van der Waals surface area contributed by atoms with Gasteiger partial charge >= 0.3 is 0 Å². The molecule has 0 heterocycles. The molecule has 0 saturated heterocycles. The van der Waals surface area contributed by atoms with Gasteiger partial charge in [-0.2, -0.15) is 5.26 Å². The minimum absolute atomic E-state index is 0.0443. The molecule has 5 heteroatoms. The molecule has 0 N–H and O–H groups in total. The van der Waals surface area contributed by atoms with Crippen molar-refractivity contribution in [1.29, 1.82) is 5.26 Å². The Morgan fingerprint density at radius 3 is 2.76 bits per heavy atom. The number of benzene rings is 1. The molecule has 17 heavy (non-hydrogen) atoms. The van der Waals surface area contributed by atoms with Crippen LogP contribution in [0.4, 0.5) is 0 Å². The SMILES string of the molecule is CC(C)N(CC#N)C(=O)c1cc(Br)ccc1Cl. The first kappa shape index (κ1) is 14.0. The second-order valence-electron chi connectivity index (χ2n) is 3.81. The summed E-state index contributed by atoms with van der Waals surface area (Å²) in [5, 5.41) is 9.11. The molecule has 1 amide bonds. The molecular weight excluding hydrogens is 304 g/mol. The largest absolute Gasteiger partial charge is 0.323 e. The van der Waals surface area contributed by atoms with E-state index in [1.807, 2.05) is 19.9 Å². The predicted molar refractivity (Wildman–Crippen MR) is 70.9 cm³/mol. The molecule has 1 aromatic carbocycles. The van der Waals surface area contributed by atoms with Crippen LogP contribution in [0.5, 0.6) is 0 Å². The van der Waals surface area contributed by atoms with Gasteiger partial charge in [-0.15, -0.1) is 0 Å². The highest BCUT2D eigenvalue weighted by Crippen LogP contribution is 2.23. The van der Waals surface area contributed by atoms with Crippen LogP contribution in [0.3, 0.4) is 0 Å². The number of nitrogens with zero attached hydrogens (tertiary/aromatic N) is 2. The molecule has 0 aliphatic carbocycles. The van der Waals surface area contributed by atoms with Crippen LogP contribution in [0.2, 0.25) is 5.02 Å². The molecule has 0 radical (unpaired) electrons. The topological polar surface area (TPSA) is 44.1 Å². The van der Waals surface area contributed by atoms with Crippen LogP contribution in [-0.2, 0) is 0 Å². The minimum atomic E-state index is -0.229. The van der Waals surface area contributed by atoms with E-state index in [0.29, 0.717) is 10.6 Å². The van der Waals surface area contributed by atoms with Gasteiger partial charge in [0.15, 0.2) is 0 Å². The number of nitriles is 1. The van der Waals surface area contributed by atoms with Crippen molar-refractivity contribution < 1.29 is 4.79 Å². The standard InChI is InChI=1S/C12H12BrClN2O/c1-8(2)16(6-5-15)12(17)10-7-9(13)3-4-11(10)14/h3-4,7-8H,6H2,1-2H3. The average Bonchev–Trinajstić information content (AvgIpc) is 2.28. The van der Waals surface area contributed by atoms with Gasteiger partial charge in [0.05, 0.1) is 16.7 Å². The number of halogens is 2. The van der Waals surface area contributed by atoms with Gasteiger partial charge in [0.1, 0.15) is 6.54 Å². The van der Waals surface area contributed by atoms with Gasteiger partial charge in [-0.3, -0.25) is 4.79 Å². The Morgan fingerprint density at radius 1 is 1.59 bits per heavy atom. The van der Waals surface area contributed by atoms with E-state index in [1.165, 1.54) is 4.90 Å². The van der Waals surface area contributed by atoms with Gasteiger partial charge < -0.3 is 4.90 Å². The van der Waals surface area contributed by atoms with Crippen molar-refractivity contribution >= 4 is 33.4 Å². The first-order valence-electron chi connectivity index (χ1n) is 5.10. The number of amides is 1. The fourth-order valence-corrected chi connectivity index (χ4v) is 1.94. The van der Waals surface area contributed by atoms with E-state index in [0.717, 1.165) is 4.47 Å². The van der Waals surface area contributed by atoms with Gasteiger partial charge in [-0.1, -0.05) is 27.5 Å². The quantitative estimate of drug-likeness (QED) is 0.802. The monoisotopic (exact) mass is 314 g/mol. The maximum Gasteiger partial charge on any atom is 0.256 e. The van der Waals surface area contributed by atoms with Gasteiger partial charge in [0, 0.05) is 10.5 Å². The lowest BCUT2D eigenvalue weighted by Crippen LogP contribution is -2.37. The Kier molecular flexibility index (Phi) is 4.98. The molecule has 0 saturated carbocycles. The van der Waals surface area contributed by atoms with E-state index in [9.17, 15) is 4.79 Å². The maximum atomic E-state index is 12.2. The summed E-state index contributed by atoms with van der Waals surface area (Å²) in [6.45, 7) is 3.78. The van der Waals surface area contributed by atoms with E-state index in [1.54, 1.807) is 18.2 Å². The van der Waals surface area contributed by atoms with Crippen molar-refractivity contribution in [3.05, 3.63) is 33.3 Å². The Morgan fingerprint density at radius 2 is 2.24 bits per heavy atom. The zero-order valence-corrected chi connectivity index (χ0v) is 11.9. The number of carbonyl (C=O) groups is 1. The molecule has 0 aliphatic heterocycles. The van der Waals surface area contributed by atoms with E-state index in [2.05, 4.69) is 15.9 Å². The maximum absolute atomic E-state index is 12.2. The van der Waals surface area contributed by atoms with Crippen molar-refractivity contribution in [2.75, 3.05) is 6.54 Å². The predicted octanol–water partition coefficient (Wildman–Crippen LogP) is 3.48. The lowest BCUT2D eigenvalue weighted by molar-refractivity contribution is 0.0731. The summed E-state index contributed by atoms with van der Waals surface area (Å²) < 4.78 is 0.783. The van der Waals surface area contributed by atoms with E-state index < -0.39 is 0 Å². The van der Waals surface area contributed by atoms with Crippen LogP contribution < -0.4 is 0 Å². The molecule has 1 aromatic rings. The third-order valence-corrected chi connectivity index (χ3v) is 3.11. The smallest absolute Gasteiger partial charge is 0.256 e. The summed E-state index contributed by atoms with van der Waals surface area (Å²) in [4.78, 5) is 13.7. The second kappa shape index (κ2) is 6.04. The third kappa shape index (κ3) is 3.45. The van der Waals surface area contributed by atoms with Crippen molar-refractivity contribution in [3.63, 3.8) is 0 Å². The first-order chi connectivity index (χ1) is 7.97. The first-order valence-corrected chi connectivity index (χ1v) is 6.27. The van der Waals surface area contributed by atoms with E-state index in [4.69, 9.17) is 16.9 Å². The summed E-state index contributed by atoms with van der Waals surface area (Å²) in [6.07, 6.45) is 0. The van der Waals surface area contributed by atoms with Crippen molar-refractivity contribution in [3.8, 4) is 6.07 Å². The molecule has 0 spiro atoms. The van der Waals surface area contributed by atoms with Crippen molar-refractivity contribution in [1.82, 2.24) is 4.90 Å². The van der Waals surface area contributed by atoms with Crippen molar-refractivity contribution in [2.45, 2.75) is 19.9 Å². The third-order valence-electron chi connectivity index (χ3n) is 2.28. The molecule has 0 fully saturated rings. The van der Waals surface area contributed by atoms with Crippen LogP contribution in [0.1, 0.15) is 24.2 Å². The zero-order valence-electron chi connectivity index (χ0n) is 9.58. The second-order valence-corrected chi connectivity index (χ2v) is 5.13. The number of carbonyl (C=O) groups excluding carboxylic acids is 1. The molecule has 3 nitrogen and oxygen atoms in total. The van der Waals surface area contributed by atoms with E-state index >= 15 is 0 Å². The minimum Gasteiger partial charge on any atom is -0.323 e. The Hall–Kier alpha value is -1.05. The van der Waals surface area contributed by atoms with Gasteiger partial charge in [-0.25, -0.2) is 0 Å². The van der Waals surface area contributed by atoms with Crippen LogP contribution in [0, 0.1) is 11.3 Å². The van der Waals surface area contributed by atoms with E-state index in [-0.39, 0.29) is 18.5 Å².